The lowest BCUT2D eigenvalue weighted by molar-refractivity contribution is -0.384. The highest BCUT2D eigenvalue weighted by Gasteiger charge is 2.16. The lowest BCUT2D eigenvalue weighted by Crippen LogP contribution is -2.19. The number of nitro benzene ring substituents is 1. The summed E-state index contributed by atoms with van der Waals surface area (Å²) in [6.45, 7) is 0. The third-order valence-electron chi connectivity index (χ3n) is 3.09. The van der Waals surface area contributed by atoms with Crippen LogP contribution in [0.5, 0.6) is 0 Å². The van der Waals surface area contributed by atoms with Crippen molar-refractivity contribution in [3.8, 4) is 0 Å². The van der Waals surface area contributed by atoms with Crippen LogP contribution in [-0.4, -0.2) is 28.0 Å². The molecule has 0 saturated carbocycles. The average molecular weight is 376 g/mol. The lowest BCUT2D eigenvalue weighted by atomic mass is 10.2. The predicted octanol–water partition coefficient (Wildman–Crippen LogP) is 3.03. The summed E-state index contributed by atoms with van der Waals surface area (Å²) in [6.07, 6.45) is 3.03. The summed E-state index contributed by atoms with van der Waals surface area (Å²) < 4.78 is 5.29. The minimum atomic E-state index is -0.461. The van der Waals surface area contributed by atoms with Crippen LogP contribution in [0.3, 0.4) is 0 Å². The van der Waals surface area contributed by atoms with Crippen LogP contribution in [0.2, 0.25) is 0 Å². The van der Waals surface area contributed by atoms with Gasteiger partial charge in [-0.2, -0.15) is 5.10 Å². The van der Waals surface area contributed by atoms with Crippen molar-refractivity contribution in [3.63, 3.8) is 0 Å². The van der Waals surface area contributed by atoms with Gasteiger partial charge in [-0.1, -0.05) is 11.8 Å². The number of carbonyl (C=O) groups excluding carboxylic acids is 1. The number of carbonyl (C=O) groups is 1. The molecule has 25 heavy (non-hydrogen) atoms. The van der Waals surface area contributed by atoms with E-state index in [0.717, 1.165) is 10.7 Å². The predicted molar refractivity (Wildman–Crippen MR) is 97.0 cm³/mol. The number of nitro groups is 1. The molecule has 128 valence electrons. The number of non-ortho nitro benzene ring substituents is 1. The minimum absolute atomic E-state index is 0.0278. The van der Waals surface area contributed by atoms with Gasteiger partial charge in [0.1, 0.15) is 5.76 Å². The van der Waals surface area contributed by atoms with Crippen LogP contribution in [0.4, 0.5) is 5.69 Å². The maximum absolute atomic E-state index is 11.1. The second-order valence-electron chi connectivity index (χ2n) is 4.83. The Morgan fingerprint density at radius 3 is 3.00 bits per heavy atom. The molecular formula is C15H12N4O4S2. The molecule has 1 aliphatic heterocycles. The van der Waals surface area contributed by atoms with Crippen molar-refractivity contribution < 1.29 is 14.1 Å². The van der Waals surface area contributed by atoms with Gasteiger partial charge in [0.2, 0.25) is 5.91 Å². The Kier molecular flexibility index (Phi) is 5.51. The van der Waals surface area contributed by atoms with Crippen molar-refractivity contribution in [1.29, 1.82) is 0 Å². The van der Waals surface area contributed by atoms with Crippen LogP contribution in [0.25, 0.3) is 0 Å². The molecule has 0 radical (unpaired) electrons. The SMILES string of the molecule is O=C1CSC(=NN=Cc2cc([N+](=O)[O-])ccc2SCc2ccco2)N1. The van der Waals surface area contributed by atoms with Crippen molar-refractivity contribution >= 4 is 46.5 Å². The first-order chi connectivity index (χ1) is 12.1. The quantitative estimate of drug-likeness (QED) is 0.359. The van der Waals surface area contributed by atoms with Gasteiger partial charge in [0.15, 0.2) is 5.17 Å². The van der Waals surface area contributed by atoms with Crippen LogP contribution in [0.15, 0.2) is 56.1 Å². The van der Waals surface area contributed by atoms with Gasteiger partial charge in [0.05, 0.1) is 28.9 Å². The van der Waals surface area contributed by atoms with E-state index in [9.17, 15) is 14.9 Å². The van der Waals surface area contributed by atoms with Crippen molar-refractivity contribution in [1.82, 2.24) is 5.32 Å². The van der Waals surface area contributed by atoms with E-state index in [1.165, 1.54) is 41.9 Å². The number of benzene rings is 1. The number of hydrogen-bond acceptors (Lipinski definition) is 8. The molecule has 3 rings (SSSR count). The summed E-state index contributed by atoms with van der Waals surface area (Å²) >= 11 is 2.73. The number of nitrogens with one attached hydrogen (secondary N) is 1. The summed E-state index contributed by atoms with van der Waals surface area (Å²) in [7, 11) is 0. The number of thioether (sulfide) groups is 2. The molecule has 1 amide bonds. The molecule has 2 aromatic rings. The molecular weight excluding hydrogens is 364 g/mol. The fourth-order valence-electron chi connectivity index (χ4n) is 1.95. The highest BCUT2D eigenvalue weighted by atomic mass is 32.2. The Morgan fingerprint density at radius 2 is 2.32 bits per heavy atom. The molecule has 1 aromatic heterocycles. The summed E-state index contributed by atoms with van der Waals surface area (Å²) in [4.78, 5) is 22.4. The topological polar surface area (TPSA) is 110 Å². The first-order valence-electron chi connectivity index (χ1n) is 7.09. The molecule has 1 aromatic carbocycles. The molecule has 0 atom stereocenters. The first-order valence-corrected chi connectivity index (χ1v) is 9.06. The number of amidine groups is 1. The third-order valence-corrected chi connectivity index (χ3v) is 5.06. The number of nitrogens with zero attached hydrogens (tertiary/aromatic N) is 3. The molecule has 10 heteroatoms. The lowest BCUT2D eigenvalue weighted by Gasteiger charge is -2.04. The molecule has 0 aliphatic carbocycles. The largest absolute Gasteiger partial charge is 0.468 e. The standard InChI is InChI=1S/C15H12N4O4S2/c20-14-9-25-15(17-14)18-16-7-10-6-11(19(21)22)3-4-13(10)24-8-12-2-1-5-23-12/h1-7H,8-9H2,(H,17,18,20). The normalized spacial score (nSPS) is 15.8. The van der Waals surface area contributed by atoms with Gasteiger partial charge in [0, 0.05) is 22.6 Å². The van der Waals surface area contributed by atoms with Crippen molar-refractivity contribution in [2.24, 2.45) is 10.2 Å². The van der Waals surface area contributed by atoms with Crippen LogP contribution >= 0.6 is 23.5 Å². The molecule has 1 aliphatic rings. The molecule has 1 saturated heterocycles. The Hall–Kier alpha value is -2.59. The van der Waals surface area contributed by atoms with Crippen molar-refractivity contribution in [3.05, 3.63) is 58.0 Å². The molecule has 0 spiro atoms. The Balaban J connectivity index is 1.79. The van der Waals surface area contributed by atoms with Gasteiger partial charge in [-0.3, -0.25) is 14.9 Å². The van der Waals surface area contributed by atoms with Crippen LogP contribution in [-0.2, 0) is 10.5 Å². The Morgan fingerprint density at radius 1 is 1.44 bits per heavy atom. The van der Waals surface area contributed by atoms with Crippen LogP contribution < -0.4 is 5.32 Å². The van der Waals surface area contributed by atoms with Gasteiger partial charge in [0.25, 0.3) is 5.69 Å². The van der Waals surface area contributed by atoms with Crippen molar-refractivity contribution in [2.45, 2.75) is 10.6 Å². The average Bonchev–Trinajstić information content (AvgIpc) is 3.25. The molecule has 0 unspecified atom stereocenters. The van der Waals surface area contributed by atoms with E-state index in [-0.39, 0.29) is 11.6 Å². The van der Waals surface area contributed by atoms with Crippen molar-refractivity contribution in [2.75, 3.05) is 5.75 Å². The molecule has 2 heterocycles. The Labute approximate surface area is 150 Å². The summed E-state index contributed by atoms with van der Waals surface area (Å²) in [5.74, 6) is 1.59. The minimum Gasteiger partial charge on any atom is -0.468 e. The third kappa shape index (κ3) is 4.70. The monoisotopic (exact) mass is 376 g/mol. The molecule has 1 fully saturated rings. The highest BCUT2D eigenvalue weighted by molar-refractivity contribution is 8.15. The van der Waals surface area contributed by atoms with Gasteiger partial charge < -0.3 is 9.73 Å². The van der Waals surface area contributed by atoms with Gasteiger partial charge in [-0.05, 0) is 18.2 Å². The van der Waals surface area contributed by atoms with Crippen LogP contribution in [0, 0.1) is 10.1 Å². The first kappa shape index (κ1) is 17.2. The molecule has 8 nitrogen and oxygen atoms in total. The van der Waals surface area contributed by atoms with E-state index in [2.05, 4.69) is 15.5 Å². The zero-order valence-electron chi connectivity index (χ0n) is 12.7. The van der Waals surface area contributed by atoms with E-state index in [0.29, 0.717) is 22.2 Å². The van der Waals surface area contributed by atoms with E-state index in [4.69, 9.17) is 4.42 Å². The number of amides is 1. The van der Waals surface area contributed by atoms with E-state index in [1.54, 1.807) is 18.4 Å². The van der Waals surface area contributed by atoms with Gasteiger partial charge >= 0.3 is 0 Å². The number of rotatable bonds is 6. The van der Waals surface area contributed by atoms with E-state index >= 15 is 0 Å². The summed E-state index contributed by atoms with van der Waals surface area (Å²) in [5.41, 5.74) is 0.546. The number of hydrogen-bond donors (Lipinski definition) is 1. The summed E-state index contributed by atoms with van der Waals surface area (Å²) in [5, 5.41) is 21.8. The second-order valence-corrected chi connectivity index (χ2v) is 6.82. The van der Waals surface area contributed by atoms with E-state index in [1.807, 2.05) is 6.07 Å². The highest BCUT2D eigenvalue weighted by Crippen LogP contribution is 2.28. The summed E-state index contributed by atoms with van der Waals surface area (Å²) in [6, 6.07) is 8.22. The zero-order chi connectivity index (χ0) is 17.6. The van der Waals surface area contributed by atoms with Gasteiger partial charge in [-0.15, -0.1) is 16.9 Å². The van der Waals surface area contributed by atoms with Crippen LogP contribution in [0.1, 0.15) is 11.3 Å². The van der Waals surface area contributed by atoms with E-state index < -0.39 is 4.92 Å². The maximum Gasteiger partial charge on any atom is 0.270 e. The van der Waals surface area contributed by atoms with Gasteiger partial charge in [-0.25, -0.2) is 0 Å². The second kappa shape index (κ2) is 7.99. The molecule has 0 bridgehead atoms. The fourth-order valence-corrected chi connectivity index (χ4v) is 3.48. The number of furan rings is 1. The smallest absolute Gasteiger partial charge is 0.270 e. The molecule has 1 N–H and O–H groups in total. The fraction of sp³-hybridized carbons (Fsp3) is 0.133. The maximum atomic E-state index is 11.1. The Bertz CT molecular complexity index is 849. The zero-order valence-corrected chi connectivity index (χ0v) is 14.4.